The van der Waals surface area contributed by atoms with Gasteiger partial charge in [-0.05, 0) is 24.1 Å². The van der Waals surface area contributed by atoms with Crippen LogP contribution in [-0.2, 0) is 14.8 Å². The number of aliphatic carboxylic acids is 1. The maximum atomic E-state index is 13.2. The summed E-state index contributed by atoms with van der Waals surface area (Å²) in [7, 11) is -3.80. The summed E-state index contributed by atoms with van der Waals surface area (Å²) in [6.45, 7) is 0.238. The number of benzene rings is 1. The number of carboxylic acid groups (broad SMARTS) is 1. The minimum Gasteiger partial charge on any atom is -0.481 e. The first-order valence-electron chi connectivity index (χ1n) is 5.76. The van der Waals surface area contributed by atoms with Gasteiger partial charge in [0.1, 0.15) is 11.9 Å². The zero-order chi connectivity index (χ0) is 14.9. The number of nitrogens with zero attached hydrogens (tertiary/aromatic N) is 2. The second-order valence-corrected chi connectivity index (χ2v) is 6.48. The van der Waals surface area contributed by atoms with Gasteiger partial charge in [0.05, 0.1) is 16.9 Å². The van der Waals surface area contributed by atoms with Gasteiger partial charge < -0.3 is 5.11 Å². The van der Waals surface area contributed by atoms with E-state index < -0.39 is 21.8 Å². The molecule has 1 heterocycles. The number of carbonyl (C=O) groups is 1. The first-order chi connectivity index (χ1) is 9.34. The predicted molar refractivity (Wildman–Crippen MR) is 65.6 cm³/mol. The second-order valence-electron chi connectivity index (χ2n) is 4.54. The highest BCUT2D eigenvalue weighted by Gasteiger charge is 2.37. The van der Waals surface area contributed by atoms with E-state index in [1.165, 1.54) is 0 Å². The number of rotatable bonds is 4. The van der Waals surface area contributed by atoms with Crippen molar-refractivity contribution in [2.24, 2.45) is 5.92 Å². The van der Waals surface area contributed by atoms with Gasteiger partial charge in [-0.1, -0.05) is 0 Å². The van der Waals surface area contributed by atoms with E-state index in [0.29, 0.717) is 0 Å². The topological polar surface area (TPSA) is 98.5 Å². The van der Waals surface area contributed by atoms with Gasteiger partial charge in [0.15, 0.2) is 0 Å². The molecule has 20 heavy (non-hydrogen) atoms. The van der Waals surface area contributed by atoms with Crippen LogP contribution in [0.15, 0.2) is 23.1 Å². The van der Waals surface area contributed by atoms with Crippen molar-refractivity contribution < 1.29 is 22.7 Å². The van der Waals surface area contributed by atoms with E-state index in [1.807, 2.05) is 0 Å². The summed E-state index contributed by atoms with van der Waals surface area (Å²) in [5, 5.41) is 17.3. The number of nitriles is 1. The molecule has 0 aliphatic carbocycles. The summed E-state index contributed by atoms with van der Waals surface area (Å²) in [6, 6.07) is 4.59. The lowest BCUT2D eigenvalue weighted by Gasteiger charge is -2.37. The molecule has 0 amide bonds. The van der Waals surface area contributed by atoms with Gasteiger partial charge in [-0.15, -0.1) is 0 Å². The van der Waals surface area contributed by atoms with Gasteiger partial charge >= 0.3 is 5.97 Å². The molecule has 1 aromatic carbocycles. The summed E-state index contributed by atoms with van der Waals surface area (Å²) < 4.78 is 38.6. The summed E-state index contributed by atoms with van der Waals surface area (Å²) >= 11 is 0. The summed E-state index contributed by atoms with van der Waals surface area (Å²) in [5.74, 6) is -1.96. The quantitative estimate of drug-likeness (QED) is 0.886. The fourth-order valence-corrected chi connectivity index (χ4v) is 3.61. The normalized spacial score (nSPS) is 16.4. The molecular formula is C12H11FN2O4S. The third-order valence-corrected chi connectivity index (χ3v) is 4.91. The van der Waals surface area contributed by atoms with Gasteiger partial charge in [-0.3, -0.25) is 4.79 Å². The highest BCUT2D eigenvalue weighted by molar-refractivity contribution is 7.89. The molecule has 1 saturated heterocycles. The fraction of sp³-hybridized carbons (Fsp3) is 0.333. The van der Waals surface area contributed by atoms with Crippen molar-refractivity contribution in [2.75, 3.05) is 13.1 Å². The van der Waals surface area contributed by atoms with Crippen molar-refractivity contribution in [3.05, 3.63) is 29.6 Å². The van der Waals surface area contributed by atoms with Crippen molar-refractivity contribution in [3.8, 4) is 6.07 Å². The average molecular weight is 298 g/mol. The molecule has 0 bridgehead atoms. The van der Waals surface area contributed by atoms with E-state index in [0.717, 1.165) is 22.5 Å². The van der Waals surface area contributed by atoms with Gasteiger partial charge in [-0.2, -0.15) is 9.57 Å². The maximum Gasteiger partial charge on any atom is 0.303 e. The highest BCUT2D eigenvalue weighted by Crippen LogP contribution is 2.27. The minimum atomic E-state index is -3.80. The second kappa shape index (κ2) is 5.19. The molecule has 2 rings (SSSR count). The third-order valence-electron chi connectivity index (χ3n) is 3.08. The SMILES string of the molecule is N#Cc1cc(S(=O)(=O)N2CC(CC(=O)O)C2)ccc1F. The Balaban J connectivity index is 2.17. The fourth-order valence-electron chi connectivity index (χ4n) is 1.99. The van der Waals surface area contributed by atoms with Gasteiger partial charge in [0, 0.05) is 13.1 Å². The molecule has 6 nitrogen and oxygen atoms in total. The van der Waals surface area contributed by atoms with Crippen molar-refractivity contribution in [1.29, 1.82) is 5.26 Å². The molecule has 0 aromatic heterocycles. The predicted octanol–water partition coefficient (Wildman–Crippen LogP) is 0.793. The van der Waals surface area contributed by atoms with Gasteiger partial charge in [-0.25, -0.2) is 12.8 Å². The molecule has 1 aliphatic rings. The van der Waals surface area contributed by atoms with Crippen molar-refractivity contribution >= 4 is 16.0 Å². The van der Waals surface area contributed by atoms with E-state index in [-0.39, 0.29) is 35.9 Å². The lowest BCUT2D eigenvalue weighted by atomic mass is 10.00. The Kier molecular flexibility index (Phi) is 3.74. The van der Waals surface area contributed by atoms with Crippen molar-refractivity contribution in [1.82, 2.24) is 4.31 Å². The summed E-state index contributed by atoms with van der Waals surface area (Å²) in [4.78, 5) is 10.3. The van der Waals surface area contributed by atoms with Crippen LogP contribution in [0.25, 0.3) is 0 Å². The van der Waals surface area contributed by atoms with Crippen LogP contribution in [0.4, 0.5) is 4.39 Å². The molecule has 1 N–H and O–H groups in total. The number of halogens is 1. The molecule has 0 spiro atoms. The monoisotopic (exact) mass is 298 g/mol. The van der Waals surface area contributed by atoms with E-state index >= 15 is 0 Å². The van der Waals surface area contributed by atoms with Crippen LogP contribution >= 0.6 is 0 Å². The summed E-state index contributed by atoms with van der Waals surface area (Å²) in [6.07, 6.45) is -0.0844. The number of hydrogen-bond donors (Lipinski definition) is 1. The summed E-state index contributed by atoms with van der Waals surface area (Å²) in [5.41, 5.74) is -0.339. The van der Waals surface area contributed by atoms with E-state index in [9.17, 15) is 17.6 Å². The van der Waals surface area contributed by atoms with E-state index in [4.69, 9.17) is 10.4 Å². The average Bonchev–Trinajstić information content (AvgIpc) is 2.33. The first kappa shape index (κ1) is 14.4. The molecule has 0 saturated carbocycles. The Hall–Kier alpha value is -1.98. The standard InChI is InChI=1S/C12H11FN2O4S/c13-11-2-1-10(4-9(11)5-14)20(18,19)15-6-8(7-15)3-12(16)17/h1-2,4,8H,3,6-7H2,(H,16,17). The smallest absolute Gasteiger partial charge is 0.303 e. The van der Waals surface area contributed by atoms with Crippen molar-refractivity contribution in [2.45, 2.75) is 11.3 Å². The van der Waals surface area contributed by atoms with Crippen LogP contribution < -0.4 is 0 Å². The number of carboxylic acids is 1. The zero-order valence-electron chi connectivity index (χ0n) is 10.3. The lowest BCUT2D eigenvalue weighted by molar-refractivity contribution is -0.139. The largest absolute Gasteiger partial charge is 0.481 e. The molecule has 8 heteroatoms. The molecule has 0 radical (unpaired) electrons. The highest BCUT2D eigenvalue weighted by atomic mass is 32.2. The molecule has 0 atom stereocenters. The van der Waals surface area contributed by atoms with Crippen LogP contribution in [0.1, 0.15) is 12.0 Å². The molecule has 0 unspecified atom stereocenters. The Morgan fingerprint density at radius 1 is 1.50 bits per heavy atom. The molecule has 1 fully saturated rings. The number of sulfonamides is 1. The van der Waals surface area contributed by atoms with E-state index in [1.54, 1.807) is 6.07 Å². The van der Waals surface area contributed by atoms with Crippen LogP contribution in [0.5, 0.6) is 0 Å². The Morgan fingerprint density at radius 3 is 2.70 bits per heavy atom. The first-order valence-corrected chi connectivity index (χ1v) is 7.20. The van der Waals surface area contributed by atoms with Crippen LogP contribution in [0.3, 0.4) is 0 Å². The Morgan fingerprint density at radius 2 is 2.15 bits per heavy atom. The molecule has 1 aromatic rings. The van der Waals surface area contributed by atoms with Crippen LogP contribution in [0, 0.1) is 23.1 Å². The Labute approximate surface area is 115 Å². The lowest BCUT2D eigenvalue weighted by Crippen LogP contribution is -2.50. The number of hydrogen-bond acceptors (Lipinski definition) is 4. The van der Waals surface area contributed by atoms with Gasteiger partial charge in [0.25, 0.3) is 0 Å². The minimum absolute atomic E-state index is 0.0844. The molecule has 1 aliphatic heterocycles. The third kappa shape index (κ3) is 2.64. The van der Waals surface area contributed by atoms with Crippen molar-refractivity contribution in [3.63, 3.8) is 0 Å². The molecule has 106 valence electrons. The maximum absolute atomic E-state index is 13.2. The van der Waals surface area contributed by atoms with Gasteiger partial charge in [0.2, 0.25) is 10.0 Å². The zero-order valence-corrected chi connectivity index (χ0v) is 11.1. The Bertz CT molecular complexity index is 690. The van der Waals surface area contributed by atoms with E-state index in [2.05, 4.69) is 0 Å². The van der Waals surface area contributed by atoms with Crippen LogP contribution in [0.2, 0.25) is 0 Å². The van der Waals surface area contributed by atoms with Crippen LogP contribution in [-0.4, -0.2) is 36.9 Å². The molecular weight excluding hydrogens is 287 g/mol.